The fourth-order valence-electron chi connectivity index (χ4n) is 3.13. The number of aliphatic hydroxyl groups excluding tert-OH is 1. The predicted molar refractivity (Wildman–Crippen MR) is 79.1 cm³/mol. The van der Waals surface area contributed by atoms with Gasteiger partial charge in [-0.05, 0) is 24.8 Å². The van der Waals surface area contributed by atoms with Gasteiger partial charge in [-0.25, -0.2) is 0 Å². The molecular formula is C16H25NO3. The van der Waals surface area contributed by atoms with E-state index in [1.165, 1.54) is 19.3 Å². The summed E-state index contributed by atoms with van der Waals surface area (Å²) in [4.78, 5) is 0. The molecular weight excluding hydrogens is 254 g/mol. The first kappa shape index (κ1) is 15.1. The molecule has 20 heavy (non-hydrogen) atoms. The highest BCUT2D eigenvalue weighted by atomic mass is 16.5. The summed E-state index contributed by atoms with van der Waals surface area (Å²) in [5.74, 6) is 1.56. The first-order valence-electron chi connectivity index (χ1n) is 7.33. The Kier molecular flexibility index (Phi) is 5.26. The molecule has 0 bridgehead atoms. The monoisotopic (exact) mass is 279 g/mol. The molecule has 0 unspecified atom stereocenters. The van der Waals surface area contributed by atoms with Gasteiger partial charge in [0.1, 0.15) is 0 Å². The minimum Gasteiger partial charge on any atom is -0.493 e. The molecule has 0 amide bonds. The van der Waals surface area contributed by atoms with E-state index in [4.69, 9.17) is 15.2 Å². The van der Waals surface area contributed by atoms with Gasteiger partial charge in [0.05, 0.1) is 26.4 Å². The third kappa shape index (κ3) is 3.07. The van der Waals surface area contributed by atoms with Crippen molar-refractivity contribution in [3.63, 3.8) is 0 Å². The molecule has 112 valence electrons. The van der Waals surface area contributed by atoms with Gasteiger partial charge in [-0.1, -0.05) is 31.4 Å². The van der Waals surface area contributed by atoms with Crippen molar-refractivity contribution in [2.45, 2.75) is 44.2 Å². The van der Waals surface area contributed by atoms with E-state index in [0.29, 0.717) is 11.5 Å². The van der Waals surface area contributed by atoms with Crippen LogP contribution in [0.15, 0.2) is 18.2 Å². The first-order chi connectivity index (χ1) is 9.69. The van der Waals surface area contributed by atoms with Gasteiger partial charge in [-0.15, -0.1) is 0 Å². The fourth-order valence-corrected chi connectivity index (χ4v) is 3.13. The normalized spacial score (nSPS) is 19.4. The summed E-state index contributed by atoms with van der Waals surface area (Å²) in [6, 6.07) is 5.17. The van der Waals surface area contributed by atoms with Gasteiger partial charge in [0.2, 0.25) is 0 Å². The summed E-state index contributed by atoms with van der Waals surface area (Å²) in [7, 11) is 3.20. The summed E-state index contributed by atoms with van der Waals surface area (Å²) < 4.78 is 10.7. The Labute approximate surface area is 120 Å². The van der Waals surface area contributed by atoms with Gasteiger partial charge in [-0.3, -0.25) is 0 Å². The zero-order chi connectivity index (χ0) is 14.5. The number of methoxy groups -OCH3 is 2. The average molecular weight is 279 g/mol. The molecule has 1 fully saturated rings. The molecule has 3 N–H and O–H groups in total. The van der Waals surface area contributed by atoms with Crippen molar-refractivity contribution in [1.82, 2.24) is 0 Å². The highest BCUT2D eigenvalue weighted by Gasteiger charge is 2.29. The molecule has 1 aliphatic rings. The minimum atomic E-state index is -0.531. The van der Waals surface area contributed by atoms with Gasteiger partial charge >= 0.3 is 0 Å². The molecule has 1 aromatic carbocycles. The van der Waals surface area contributed by atoms with Crippen LogP contribution in [0.4, 0.5) is 0 Å². The standard InChI is InChI=1S/C16H25NO3/c1-19-13-10-6-9-12(16(13)20-2)14(17)15(18)11-7-4-3-5-8-11/h6,9-11,14-15,18H,3-5,7-8,17H2,1-2H3/t14-,15+/m0/s1. The second-order valence-corrected chi connectivity index (χ2v) is 5.50. The molecule has 0 spiro atoms. The average Bonchev–Trinajstić information content (AvgIpc) is 2.53. The molecule has 1 aliphatic carbocycles. The van der Waals surface area contributed by atoms with Crippen LogP contribution in [0.1, 0.15) is 43.7 Å². The molecule has 0 radical (unpaired) electrons. The van der Waals surface area contributed by atoms with Crippen molar-refractivity contribution in [1.29, 1.82) is 0 Å². The lowest BCUT2D eigenvalue weighted by molar-refractivity contribution is 0.0610. The Balaban J connectivity index is 2.21. The van der Waals surface area contributed by atoms with Crippen molar-refractivity contribution >= 4 is 0 Å². The number of hydrogen-bond acceptors (Lipinski definition) is 4. The lowest BCUT2D eigenvalue weighted by Gasteiger charge is -2.31. The van der Waals surface area contributed by atoms with Gasteiger partial charge < -0.3 is 20.3 Å². The second kappa shape index (κ2) is 6.95. The van der Waals surface area contributed by atoms with Gasteiger partial charge in [0, 0.05) is 5.56 Å². The van der Waals surface area contributed by atoms with E-state index >= 15 is 0 Å². The molecule has 4 heteroatoms. The molecule has 2 atom stereocenters. The van der Waals surface area contributed by atoms with E-state index in [2.05, 4.69) is 0 Å². The van der Waals surface area contributed by atoms with Crippen molar-refractivity contribution in [2.24, 2.45) is 11.7 Å². The number of rotatable bonds is 5. The maximum absolute atomic E-state index is 10.6. The lowest BCUT2D eigenvalue weighted by Crippen LogP contribution is -2.34. The zero-order valence-electron chi connectivity index (χ0n) is 12.3. The summed E-state index contributed by atoms with van der Waals surface area (Å²) in [6.07, 6.45) is 5.22. The summed E-state index contributed by atoms with van der Waals surface area (Å²) in [5, 5.41) is 10.6. The van der Waals surface area contributed by atoms with Gasteiger partial charge in [0.15, 0.2) is 11.5 Å². The Bertz CT molecular complexity index is 430. The van der Waals surface area contributed by atoms with Gasteiger partial charge in [0.25, 0.3) is 0 Å². The van der Waals surface area contributed by atoms with E-state index in [-0.39, 0.29) is 5.92 Å². The molecule has 1 saturated carbocycles. The van der Waals surface area contributed by atoms with Crippen molar-refractivity contribution in [3.05, 3.63) is 23.8 Å². The number of aliphatic hydroxyl groups is 1. The number of nitrogens with two attached hydrogens (primary N) is 1. The van der Waals surface area contributed by atoms with Crippen LogP contribution in [0.2, 0.25) is 0 Å². The number of ether oxygens (including phenoxy) is 2. The van der Waals surface area contributed by atoms with Crippen LogP contribution >= 0.6 is 0 Å². The van der Waals surface area contributed by atoms with E-state index in [9.17, 15) is 5.11 Å². The minimum absolute atomic E-state index is 0.287. The molecule has 0 aliphatic heterocycles. The van der Waals surface area contributed by atoms with Crippen molar-refractivity contribution in [3.8, 4) is 11.5 Å². The van der Waals surface area contributed by atoms with Crippen molar-refractivity contribution in [2.75, 3.05) is 14.2 Å². The van der Waals surface area contributed by atoms with Crippen LogP contribution in [-0.4, -0.2) is 25.4 Å². The van der Waals surface area contributed by atoms with Gasteiger partial charge in [-0.2, -0.15) is 0 Å². The van der Waals surface area contributed by atoms with E-state index in [1.54, 1.807) is 14.2 Å². The third-order valence-corrected chi connectivity index (χ3v) is 4.29. The fraction of sp³-hybridized carbons (Fsp3) is 0.625. The lowest BCUT2D eigenvalue weighted by atomic mass is 9.81. The first-order valence-corrected chi connectivity index (χ1v) is 7.33. The van der Waals surface area contributed by atoms with E-state index in [0.717, 1.165) is 18.4 Å². The molecule has 0 aromatic heterocycles. The van der Waals surface area contributed by atoms with Crippen molar-refractivity contribution < 1.29 is 14.6 Å². The van der Waals surface area contributed by atoms with Crippen LogP contribution < -0.4 is 15.2 Å². The predicted octanol–water partition coefficient (Wildman–Crippen LogP) is 2.64. The Morgan fingerprint density at radius 1 is 1.15 bits per heavy atom. The summed E-state index contributed by atoms with van der Waals surface area (Å²) >= 11 is 0. The Morgan fingerprint density at radius 3 is 2.45 bits per heavy atom. The Hall–Kier alpha value is -1.26. The molecule has 0 saturated heterocycles. The molecule has 0 heterocycles. The highest BCUT2D eigenvalue weighted by molar-refractivity contribution is 5.48. The third-order valence-electron chi connectivity index (χ3n) is 4.29. The number of benzene rings is 1. The number of hydrogen-bond donors (Lipinski definition) is 2. The van der Waals surface area contributed by atoms with Crippen LogP contribution in [0.3, 0.4) is 0 Å². The van der Waals surface area contributed by atoms with Crippen LogP contribution in [-0.2, 0) is 0 Å². The topological polar surface area (TPSA) is 64.7 Å². The number of para-hydroxylation sites is 1. The molecule has 1 aromatic rings. The molecule has 2 rings (SSSR count). The van der Waals surface area contributed by atoms with Crippen LogP contribution in [0.25, 0.3) is 0 Å². The Morgan fingerprint density at radius 2 is 1.85 bits per heavy atom. The zero-order valence-corrected chi connectivity index (χ0v) is 12.3. The van der Waals surface area contributed by atoms with E-state index in [1.807, 2.05) is 18.2 Å². The molecule has 4 nitrogen and oxygen atoms in total. The van der Waals surface area contributed by atoms with Crippen LogP contribution in [0.5, 0.6) is 11.5 Å². The summed E-state index contributed by atoms with van der Waals surface area (Å²) in [6.45, 7) is 0. The second-order valence-electron chi connectivity index (χ2n) is 5.50. The maximum atomic E-state index is 10.6. The smallest absolute Gasteiger partial charge is 0.165 e. The SMILES string of the molecule is COc1cccc([C@H](N)[C@H](O)C2CCCCC2)c1OC. The summed E-state index contributed by atoms with van der Waals surface area (Å²) in [5.41, 5.74) is 7.09. The largest absolute Gasteiger partial charge is 0.493 e. The highest BCUT2D eigenvalue weighted by Crippen LogP contribution is 2.38. The van der Waals surface area contributed by atoms with E-state index < -0.39 is 12.1 Å². The van der Waals surface area contributed by atoms with Crippen LogP contribution in [0, 0.1) is 5.92 Å². The quantitative estimate of drug-likeness (QED) is 0.869. The maximum Gasteiger partial charge on any atom is 0.165 e.